The zero-order valence-electron chi connectivity index (χ0n) is 23.2. The molecule has 0 radical (unpaired) electrons. The molecular weight excluding hydrogens is 518 g/mol. The molecule has 8 nitrogen and oxygen atoms in total. The van der Waals surface area contributed by atoms with Gasteiger partial charge >= 0.3 is 12.2 Å². The highest BCUT2D eigenvalue weighted by molar-refractivity contribution is 6.29. The lowest BCUT2D eigenvalue weighted by molar-refractivity contribution is -0.139. The van der Waals surface area contributed by atoms with E-state index in [9.17, 15) is 14.4 Å². The van der Waals surface area contributed by atoms with Crippen LogP contribution in [-0.2, 0) is 20.9 Å². The van der Waals surface area contributed by atoms with E-state index in [1.807, 2.05) is 68.2 Å². The molecule has 1 aliphatic heterocycles. The second kappa shape index (κ2) is 12.5. The minimum absolute atomic E-state index is 0.0290. The van der Waals surface area contributed by atoms with Crippen LogP contribution in [-0.4, -0.2) is 65.7 Å². The third kappa shape index (κ3) is 7.78. The Bertz CT molecular complexity index is 1090. The smallest absolute Gasteiger partial charge is 0.410 e. The zero-order chi connectivity index (χ0) is 28.0. The van der Waals surface area contributed by atoms with Gasteiger partial charge in [-0.25, -0.2) is 9.59 Å². The van der Waals surface area contributed by atoms with E-state index >= 15 is 0 Å². The molecule has 1 N–H and O–H groups in total. The summed E-state index contributed by atoms with van der Waals surface area (Å²) in [6, 6.07) is 9.61. The Kier molecular flexibility index (Phi) is 9.26. The summed E-state index contributed by atoms with van der Waals surface area (Å²) in [6.45, 7) is 7.19. The predicted octanol–water partition coefficient (Wildman–Crippen LogP) is 5.62. The Hall–Kier alpha value is -3.00. The van der Waals surface area contributed by atoms with Gasteiger partial charge < -0.3 is 19.7 Å². The second-order valence-electron chi connectivity index (χ2n) is 11.8. The van der Waals surface area contributed by atoms with Crippen LogP contribution >= 0.6 is 11.6 Å². The van der Waals surface area contributed by atoms with Crippen LogP contribution in [0.4, 0.5) is 9.59 Å². The average molecular weight is 558 g/mol. The average Bonchev–Trinajstić information content (AvgIpc) is 2.90. The first kappa shape index (κ1) is 29.0. The van der Waals surface area contributed by atoms with E-state index < -0.39 is 17.8 Å². The lowest BCUT2D eigenvalue weighted by Crippen LogP contribution is -2.57. The minimum atomic E-state index is -0.567. The zero-order valence-corrected chi connectivity index (χ0v) is 23.9. The molecule has 39 heavy (non-hydrogen) atoms. The van der Waals surface area contributed by atoms with Gasteiger partial charge in [0.2, 0.25) is 5.91 Å². The van der Waals surface area contributed by atoms with E-state index in [4.69, 9.17) is 21.1 Å². The molecule has 212 valence electrons. The molecule has 1 saturated heterocycles. The van der Waals surface area contributed by atoms with Crippen molar-refractivity contribution in [2.75, 3.05) is 26.2 Å². The van der Waals surface area contributed by atoms with E-state index in [1.54, 1.807) is 0 Å². The number of alkyl carbamates (subject to hydrolysis) is 1. The van der Waals surface area contributed by atoms with Crippen LogP contribution in [0.3, 0.4) is 0 Å². The van der Waals surface area contributed by atoms with Gasteiger partial charge in [-0.1, -0.05) is 54.1 Å². The maximum absolute atomic E-state index is 13.1. The molecule has 1 saturated carbocycles. The molecule has 1 atom stereocenters. The van der Waals surface area contributed by atoms with Crippen LogP contribution in [0.5, 0.6) is 0 Å². The van der Waals surface area contributed by atoms with E-state index in [-0.39, 0.29) is 36.4 Å². The van der Waals surface area contributed by atoms with Gasteiger partial charge in [0.15, 0.2) is 0 Å². The maximum Gasteiger partial charge on any atom is 0.410 e. The Morgan fingerprint density at radius 3 is 2.49 bits per heavy atom. The maximum atomic E-state index is 13.1. The lowest BCUT2D eigenvalue weighted by atomic mass is 9.63. The molecule has 1 aromatic rings. The quantitative estimate of drug-likeness (QED) is 0.490. The van der Waals surface area contributed by atoms with Crippen LogP contribution in [0.15, 0.2) is 53.6 Å². The number of rotatable bonds is 6. The summed E-state index contributed by atoms with van der Waals surface area (Å²) in [5.41, 5.74) is 0.166. The number of carbonyl (C=O) groups excluding carboxylic acids is 3. The summed E-state index contributed by atoms with van der Waals surface area (Å²) in [5, 5.41) is 3.82. The van der Waals surface area contributed by atoms with E-state index in [2.05, 4.69) is 11.4 Å². The number of nitrogens with zero attached hydrogens (tertiary/aromatic N) is 2. The highest BCUT2D eigenvalue weighted by Gasteiger charge is 2.44. The number of halogens is 1. The van der Waals surface area contributed by atoms with Crippen LogP contribution in [0.2, 0.25) is 0 Å². The normalized spacial score (nSPS) is 25.6. The summed E-state index contributed by atoms with van der Waals surface area (Å²) < 4.78 is 10.9. The fourth-order valence-corrected chi connectivity index (χ4v) is 6.07. The number of nitrogens with one attached hydrogen (secondary N) is 1. The van der Waals surface area contributed by atoms with Gasteiger partial charge in [-0.05, 0) is 75.8 Å². The summed E-state index contributed by atoms with van der Waals surface area (Å²) >= 11 is 6.41. The van der Waals surface area contributed by atoms with Gasteiger partial charge in [-0.2, -0.15) is 0 Å². The summed E-state index contributed by atoms with van der Waals surface area (Å²) in [5.74, 6) is 0.142. The fraction of sp³-hybridized carbons (Fsp3) is 0.567. The highest BCUT2D eigenvalue weighted by Crippen LogP contribution is 2.47. The van der Waals surface area contributed by atoms with Gasteiger partial charge in [0.25, 0.3) is 0 Å². The first-order valence-corrected chi connectivity index (χ1v) is 14.2. The van der Waals surface area contributed by atoms with Crippen LogP contribution in [0, 0.1) is 11.3 Å². The molecule has 0 bridgehead atoms. The molecule has 2 aliphatic carbocycles. The van der Waals surface area contributed by atoms with Crippen molar-refractivity contribution in [1.82, 2.24) is 15.1 Å². The molecule has 3 amide bonds. The number of hydrogen-bond donors (Lipinski definition) is 1. The van der Waals surface area contributed by atoms with Gasteiger partial charge in [-0.15, -0.1) is 0 Å². The number of piperazine rings is 1. The van der Waals surface area contributed by atoms with Gasteiger partial charge in [0, 0.05) is 30.7 Å². The Morgan fingerprint density at radius 2 is 1.85 bits per heavy atom. The monoisotopic (exact) mass is 557 g/mol. The topological polar surface area (TPSA) is 88.2 Å². The van der Waals surface area contributed by atoms with E-state index in [1.165, 1.54) is 4.90 Å². The summed E-state index contributed by atoms with van der Waals surface area (Å²) in [6.07, 6.45) is 9.30. The molecular formula is C30H40ClN3O5. The Morgan fingerprint density at radius 1 is 1.13 bits per heavy atom. The van der Waals surface area contributed by atoms with Crippen molar-refractivity contribution in [3.8, 4) is 0 Å². The molecule has 1 unspecified atom stereocenters. The molecule has 4 rings (SSSR count). The highest BCUT2D eigenvalue weighted by atomic mass is 35.5. The summed E-state index contributed by atoms with van der Waals surface area (Å²) in [4.78, 5) is 41.6. The third-order valence-corrected chi connectivity index (χ3v) is 8.20. The van der Waals surface area contributed by atoms with Crippen molar-refractivity contribution in [3.05, 3.63) is 59.2 Å². The van der Waals surface area contributed by atoms with Crippen molar-refractivity contribution >= 4 is 29.7 Å². The third-order valence-electron chi connectivity index (χ3n) is 7.92. The van der Waals surface area contributed by atoms with Crippen molar-refractivity contribution in [3.63, 3.8) is 0 Å². The lowest BCUT2D eigenvalue weighted by Gasteiger charge is -2.48. The van der Waals surface area contributed by atoms with Gasteiger partial charge in [-0.3, -0.25) is 9.69 Å². The fourth-order valence-electron chi connectivity index (χ4n) is 5.83. The molecule has 9 heteroatoms. The minimum Gasteiger partial charge on any atom is -0.445 e. The number of carbonyl (C=O) groups is 3. The Balaban J connectivity index is 1.33. The molecule has 0 aromatic heterocycles. The molecule has 1 heterocycles. The van der Waals surface area contributed by atoms with Crippen molar-refractivity contribution < 1.29 is 23.9 Å². The molecule has 0 spiro atoms. The Labute approximate surface area is 236 Å². The van der Waals surface area contributed by atoms with Crippen LogP contribution < -0.4 is 5.32 Å². The first-order chi connectivity index (χ1) is 18.5. The van der Waals surface area contributed by atoms with Gasteiger partial charge in [0.05, 0.1) is 0 Å². The first-order valence-electron chi connectivity index (χ1n) is 13.8. The van der Waals surface area contributed by atoms with E-state index in [0.29, 0.717) is 19.6 Å². The predicted molar refractivity (Wildman–Crippen MR) is 150 cm³/mol. The van der Waals surface area contributed by atoms with Crippen molar-refractivity contribution in [1.29, 1.82) is 0 Å². The number of ether oxygens (including phenoxy) is 2. The van der Waals surface area contributed by atoms with E-state index in [0.717, 1.165) is 42.7 Å². The molecule has 3 aliphatic rings. The van der Waals surface area contributed by atoms with Crippen LogP contribution in [0.25, 0.3) is 0 Å². The van der Waals surface area contributed by atoms with Gasteiger partial charge in [0.1, 0.15) is 18.8 Å². The number of benzene rings is 1. The molecule has 2 fully saturated rings. The van der Waals surface area contributed by atoms with Crippen molar-refractivity contribution in [2.24, 2.45) is 11.3 Å². The second-order valence-corrected chi connectivity index (χ2v) is 12.3. The summed E-state index contributed by atoms with van der Waals surface area (Å²) in [7, 11) is 0. The number of allylic oxidation sites excluding steroid dienone is 4. The number of amides is 3. The largest absolute Gasteiger partial charge is 0.445 e. The van der Waals surface area contributed by atoms with Crippen molar-refractivity contribution in [2.45, 2.75) is 71.1 Å². The van der Waals surface area contributed by atoms with Crippen LogP contribution in [0.1, 0.15) is 58.4 Å². The standard InChI is InChI=1S/C30H40ClN3O5/c1-29(2,3)39-27(36)32-21-30(23-10-7-11-24(31)18-23)14-12-25(13-15-30)34-17-16-33(19-26(34)35)28(37)38-20-22-8-5-4-6-9-22/h4-11,23,25H,12-21H2,1-3H3,(H,32,36). The SMILES string of the molecule is CC(C)(C)OC(=O)NCC1(C2C=CC=C(Cl)C2)CCC(N2CCN(C(=O)OCc3ccccc3)CC2=O)CC1. The molecule has 1 aromatic carbocycles. The number of hydrogen-bond acceptors (Lipinski definition) is 5.